The van der Waals surface area contributed by atoms with E-state index in [9.17, 15) is 4.79 Å². The topological polar surface area (TPSA) is 72.8 Å². The maximum atomic E-state index is 11.3. The third-order valence-electron chi connectivity index (χ3n) is 3.59. The van der Waals surface area contributed by atoms with Crippen LogP contribution in [0, 0.1) is 17.2 Å². The van der Waals surface area contributed by atoms with E-state index in [2.05, 4.69) is 9.97 Å². The Morgan fingerprint density at radius 1 is 1.56 bits per heavy atom. The molecule has 0 aromatic carbocycles. The van der Waals surface area contributed by atoms with Crippen molar-refractivity contribution in [3.63, 3.8) is 0 Å². The average Bonchev–Trinajstić information content (AvgIpc) is 2.88. The Morgan fingerprint density at radius 2 is 2.28 bits per heavy atom. The first-order valence-electron chi connectivity index (χ1n) is 6.41. The van der Waals surface area contributed by atoms with E-state index in [1.165, 1.54) is 25.7 Å². The predicted molar refractivity (Wildman–Crippen MR) is 69.4 cm³/mol. The third-order valence-corrected chi connectivity index (χ3v) is 3.59. The number of hydrogen-bond acceptors (Lipinski definition) is 4. The molecule has 0 spiro atoms. The molecule has 2 rings (SSSR count). The van der Waals surface area contributed by atoms with Crippen molar-refractivity contribution in [1.82, 2.24) is 9.97 Å². The number of nitrogens with one attached hydrogen (secondary N) is 1. The van der Waals surface area contributed by atoms with E-state index in [0.29, 0.717) is 5.82 Å². The fourth-order valence-electron chi connectivity index (χ4n) is 2.49. The fourth-order valence-corrected chi connectivity index (χ4v) is 2.49. The standard InChI is InChI=1S/C13H18N4O/c1-17(7-6-10-4-2-3-5-10)12-8-11(9-14)15-13(18)16-12/h8,10H,2-7H2,1H3,(H,15,16,18). The van der Waals surface area contributed by atoms with Crippen LogP contribution in [0.3, 0.4) is 0 Å². The number of H-pyrrole nitrogens is 1. The Kier molecular flexibility index (Phi) is 3.98. The second-order valence-electron chi connectivity index (χ2n) is 4.93. The van der Waals surface area contributed by atoms with Gasteiger partial charge >= 0.3 is 5.69 Å². The Morgan fingerprint density at radius 3 is 2.94 bits per heavy atom. The molecular weight excluding hydrogens is 228 g/mol. The Hall–Kier alpha value is -1.83. The molecule has 1 fully saturated rings. The Labute approximate surface area is 106 Å². The van der Waals surface area contributed by atoms with E-state index < -0.39 is 5.69 Å². The van der Waals surface area contributed by atoms with Crippen molar-refractivity contribution in [2.24, 2.45) is 5.92 Å². The van der Waals surface area contributed by atoms with Crippen LogP contribution in [0.1, 0.15) is 37.8 Å². The molecule has 0 atom stereocenters. The van der Waals surface area contributed by atoms with Crippen molar-refractivity contribution >= 4 is 5.82 Å². The number of aromatic amines is 1. The summed E-state index contributed by atoms with van der Waals surface area (Å²) in [7, 11) is 1.91. The Bertz CT molecular complexity index is 496. The molecule has 0 amide bonds. The maximum Gasteiger partial charge on any atom is 0.347 e. The minimum Gasteiger partial charge on any atom is -0.359 e. The van der Waals surface area contributed by atoms with Crippen molar-refractivity contribution in [1.29, 1.82) is 5.26 Å². The predicted octanol–water partition coefficient (Wildman–Crippen LogP) is 1.66. The summed E-state index contributed by atoms with van der Waals surface area (Å²) < 4.78 is 0. The lowest BCUT2D eigenvalue weighted by Crippen LogP contribution is -2.25. The van der Waals surface area contributed by atoms with Crippen LogP contribution in [0.25, 0.3) is 0 Å². The van der Waals surface area contributed by atoms with E-state index >= 15 is 0 Å². The molecule has 0 bridgehead atoms. The van der Waals surface area contributed by atoms with Crippen molar-refractivity contribution in [3.05, 3.63) is 22.2 Å². The van der Waals surface area contributed by atoms with Crippen LogP contribution in [-0.4, -0.2) is 23.6 Å². The SMILES string of the molecule is CN(CCC1CCCC1)c1cc(C#N)[nH]c(=O)n1. The highest BCUT2D eigenvalue weighted by Crippen LogP contribution is 2.27. The average molecular weight is 246 g/mol. The van der Waals surface area contributed by atoms with Crippen LogP contribution in [0.5, 0.6) is 0 Å². The summed E-state index contributed by atoms with van der Waals surface area (Å²) in [6, 6.07) is 3.56. The summed E-state index contributed by atoms with van der Waals surface area (Å²) in [4.78, 5) is 19.5. The van der Waals surface area contributed by atoms with Crippen LogP contribution in [0.2, 0.25) is 0 Å². The van der Waals surface area contributed by atoms with Gasteiger partial charge in [0.2, 0.25) is 0 Å². The molecule has 1 aliphatic carbocycles. The van der Waals surface area contributed by atoms with Crippen LogP contribution in [-0.2, 0) is 0 Å². The minimum absolute atomic E-state index is 0.262. The number of nitrogens with zero attached hydrogens (tertiary/aromatic N) is 3. The van der Waals surface area contributed by atoms with Gasteiger partial charge in [0.15, 0.2) is 0 Å². The van der Waals surface area contributed by atoms with E-state index in [1.54, 1.807) is 6.07 Å². The smallest absolute Gasteiger partial charge is 0.347 e. The molecule has 1 aromatic rings. The first-order chi connectivity index (χ1) is 8.69. The van der Waals surface area contributed by atoms with Gasteiger partial charge in [-0.3, -0.25) is 4.98 Å². The van der Waals surface area contributed by atoms with E-state index in [4.69, 9.17) is 5.26 Å². The third kappa shape index (κ3) is 3.10. The van der Waals surface area contributed by atoms with Gasteiger partial charge in [-0.25, -0.2) is 4.79 Å². The van der Waals surface area contributed by atoms with E-state index in [0.717, 1.165) is 18.9 Å². The minimum atomic E-state index is -0.461. The fraction of sp³-hybridized carbons (Fsp3) is 0.615. The van der Waals surface area contributed by atoms with E-state index in [-0.39, 0.29) is 5.69 Å². The number of rotatable bonds is 4. The van der Waals surface area contributed by atoms with Gasteiger partial charge in [-0.2, -0.15) is 10.2 Å². The molecule has 0 unspecified atom stereocenters. The maximum absolute atomic E-state index is 11.3. The van der Waals surface area contributed by atoms with Gasteiger partial charge < -0.3 is 4.90 Å². The van der Waals surface area contributed by atoms with Gasteiger partial charge in [0, 0.05) is 19.7 Å². The van der Waals surface area contributed by atoms with Crippen LogP contribution < -0.4 is 10.6 Å². The van der Waals surface area contributed by atoms with Gasteiger partial charge in [-0.1, -0.05) is 25.7 Å². The lowest BCUT2D eigenvalue weighted by atomic mass is 10.0. The van der Waals surface area contributed by atoms with Crippen molar-refractivity contribution in [3.8, 4) is 6.07 Å². The molecule has 96 valence electrons. The number of nitriles is 1. The van der Waals surface area contributed by atoms with Crippen LogP contribution in [0.4, 0.5) is 5.82 Å². The lowest BCUT2D eigenvalue weighted by molar-refractivity contribution is 0.504. The molecule has 0 radical (unpaired) electrons. The summed E-state index contributed by atoms with van der Waals surface area (Å²) in [6.07, 6.45) is 6.46. The van der Waals surface area contributed by atoms with Gasteiger partial charge in [0.05, 0.1) is 0 Å². The molecule has 1 saturated carbocycles. The van der Waals surface area contributed by atoms with Crippen molar-refractivity contribution in [2.75, 3.05) is 18.5 Å². The van der Waals surface area contributed by atoms with Crippen molar-refractivity contribution < 1.29 is 0 Å². The van der Waals surface area contributed by atoms with Crippen molar-refractivity contribution in [2.45, 2.75) is 32.1 Å². The van der Waals surface area contributed by atoms with Crippen LogP contribution >= 0.6 is 0 Å². The first kappa shape index (κ1) is 12.6. The molecule has 18 heavy (non-hydrogen) atoms. The summed E-state index contributed by atoms with van der Waals surface area (Å²) >= 11 is 0. The van der Waals surface area contributed by atoms with Gasteiger partial charge in [0.25, 0.3) is 0 Å². The molecule has 5 heteroatoms. The molecule has 1 N–H and O–H groups in total. The molecule has 1 aliphatic rings. The second-order valence-corrected chi connectivity index (χ2v) is 4.93. The number of anilines is 1. The number of aromatic nitrogens is 2. The molecule has 0 aliphatic heterocycles. The normalized spacial score (nSPS) is 15.6. The molecule has 5 nitrogen and oxygen atoms in total. The summed E-state index contributed by atoms with van der Waals surface area (Å²) in [5, 5.41) is 8.80. The lowest BCUT2D eigenvalue weighted by Gasteiger charge is -2.19. The van der Waals surface area contributed by atoms with Gasteiger partial charge in [0.1, 0.15) is 17.6 Å². The van der Waals surface area contributed by atoms with Gasteiger partial charge in [-0.15, -0.1) is 0 Å². The molecule has 0 saturated heterocycles. The second kappa shape index (κ2) is 5.67. The van der Waals surface area contributed by atoms with E-state index in [1.807, 2.05) is 18.0 Å². The summed E-state index contributed by atoms with van der Waals surface area (Å²) in [5.41, 5.74) is -0.200. The highest BCUT2D eigenvalue weighted by Gasteiger charge is 2.16. The molecule has 1 heterocycles. The number of hydrogen-bond donors (Lipinski definition) is 1. The summed E-state index contributed by atoms with van der Waals surface area (Å²) in [5.74, 6) is 1.39. The van der Waals surface area contributed by atoms with Crippen LogP contribution in [0.15, 0.2) is 10.9 Å². The zero-order valence-electron chi connectivity index (χ0n) is 10.6. The zero-order chi connectivity index (χ0) is 13.0. The largest absolute Gasteiger partial charge is 0.359 e. The molecular formula is C13H18N4O. The monoisotopic (exact) mass is 246 g/mol. The first-order valence-corrected chi connectivity index (χ1v) is 6.41. The quantitative estimate of drug-likeness (QED) is 0.876. The highest BCUT2D eigenvalue weighted by atomic mass is 16.1. The zero-order valence-corrected chi connectivity index (χ0v) is 10.6. The van der Waals surface area contributed by atoms with Gasteiger partial charge in [-0.05, 0) is 12.3 Å². The Balaban J connectivity index is 1.99. The highest BCUT2D eigenvalue weighted by molar-refractivity contribution is 5.40. The summed E-state index contributed by atoms with van der Waals surface area (Å²) in [6.45, 7) is 0.881. The molecule has 1 aromatic heterocycles.